The first-order valence-corrected chi connectivity index (χ1v) is 7.39. The maximum absolute atomic E-state index is 12.4. The van der Waals surface area contributed by atoms with E-state index in [-0.39, 0.29) is 5.91 Å². The molecule has 1 heterocycles. The fourth-order valence-corrected chi connectivity index (χ4v) is 2.84. The molecule has 0 radical (unpaired) electrons. The second-order valence-electron chi connectivity index (χ2n) is 4.68. The highest BCUT2D eigenvalue weighted by Gasteiger charge is 2.16. The molecule has 2 aromatic rings. The highest BCUT2D eigenvalue weighted by atomic mass is 32.1. The van der Waals surface area contributed by atoms with Crippen molar-refractivity contribution in [2.24, 2.45) is 0 Å². The Hall–Kier alpha value is -1.61. The van der Waals surface area contributed by atoms with Crippen molar-refractivity contribution in [3.8, 4) is 0 Å². The fourth-order valence-electron chi connectivity index (χ4n) is 2.15. The van der Waals surface area contributed by atoms with Crippen LogP contribution in [0.5, 0.6) is 0 Å². The Morgan fingerprint density at radius 1 is 1.26 bits per heavy atom. The normalized spacial score (nSPS) is 10.5. The van der Waals surface area contributed by atoms with Crippen LogP contribution in [0.15, 0.2) is 35.7 Å². The van der Waals surface area contributed by atoms with Crippen molar-refractivity contribution in [2.45, 2.75) is 27.2 Å². The van der Waals surface area contributed by atoms with Crippen LogP contribution in [-0.4, -0.2) is 12.5 Å². The summed E-state index contributed by atoms with van der Waals surface area (Å²) >= 11 is 1.63. The average Bonchev–Trinajstić information content (AvgIpc) is 2.87. The van der Waals surface area contributed by atoms with E-state index in [9.17, 15) is 4.79 Å². The summed E-state index contributed by atoms with van der Waals surface area (Å²) in [5.74, 6) is 0.165. The maximum atomic E-state index is 12.4. The van der Waals surface area contributed by atoms with Crippen LogP contribution in [0.3, 0.4) is 0 Å². The summed E-state index contributed by atoms with van der Waals surface area (Å²) in [5, 5.41) is 2.01. The van der Waals surface area contributed by atoms with Gasteiger partial charge in [0.15, 0.2) is 0 Å². The van der Waals surface area contributed by atoms with Gasteiger partial charge in [-0.05, 0) is 49.4 Å². The van der Waals surface area contributed by atoms with Crippen LogP contribution in [-0.2, 0) is 11.2 Å². The van der Waals surface area contributed by atoms with E-state index >= 15 is 0 Å². The Labute approximate surface area is 118 Å². The zero-order valence-corrected chi connectivity index (χ0v) is 12.5. The van der Waals surface area contributed by atoms with E-state index in [0.717, 1.165) is 16.1 Å². The molecule has 0 atom stereocenters. The van der Waals surface area contributed by atoms with E-state index in [2.05, 4.69) is 32.0 Å². The number of anilines is 1. The van der Waals surface area contributed by atoms with Gasteiger partial charge in [-0.1, -0.05) is 18.2 Å². The molecule has 0 saturated carbocycles. The van der Waals surface area contributed by atoms with Crippen molar-refractivity contribution >= 4 is 22.9 Å². The Morgan fingerprint density at radius 2 is 2.05 bits per heavy atom. The van der Waals surface area contributed by atoms with Gasteiger partial charge in [0, 0.05) is 17.1 Å². The molecule has 19 heavy (non-hydrogen) atoms. The van der Waals surface area contributed by atoms with Gasteiger partial charge in [-0.2, -0.15) is 0 Å². The molecule has 1 amide bonds. The summed E-state index contributed by atoms with van der Waals surface area (Å²) < 4.78 is 0. The highest BCUT2D eigenvalue weighted by molar-refractivity contribution is 7.10. The van der Waals surface area contributed by atoms with E-state index in [1.165, 1.54) is 5.56 Å². The second kappa shape index (κ2) is 6.02. The number of hydrogen-bond donors (Lipinski definition) is 0. The minimum atomic E-state index is 0.165. The van der Waals surface area contributed by atoms with Gasteiger partial charge in [-0.3, -0.25) is 4.79 Å². The van der Waals surface area contributed by atoms with Crippen LogP contribution in [0.4, 0.5) is 5.69 Å². The number of rotatable bonds is 4. The number of carbonyl (C=O) groups is 1. The van der Waals surface area contributed by atoms with Crippen molar-refractivity contribution in [1.29, 1.82) is 0 Å². The summed E-state index contributed by atoms with van der Waals surface area (Å²) in [5.41, 5.74) is 3.36. The number of nitrogens with zero attached hydrogens (tertiary/aromatic N) is 1. The molecule has 0 bridgehead atoms. The number of amides is 1. The topological polar surface area (TPSA) is 20.3 Å². The molecule has 0 aliphatic carbocycles. The molecule has 0 aliphatic rings. The number of carbonyl (C=O) groups excluding carboxylic acids is 1. The number of aryl methyl sites for hydroxylation is 2. The van der Waals surface area contributed by atoms with Crippen LogP contribution in [0, 0.1) is 13.8 Å². The van der Waals surface area contributed by atoms with Gasteiger partial charge < -0.3 is 4.90 Å². The summed E-state index contributed by atoms with van der Waals surface area (Å²) in [6.07, 6.45) is 0.485. The van der Waals surface area contributed by atoms with Crippen LogP contribution >= 0.6 is 11.3 Å². The minimum Gasteiger partial charge on any atom is -0.312 e. The lowest BCUT2D eigenvalue weighted by Crippen LogP contribution is -2.32. The lowest BCUT2D eigenvalue weighted by Gasteiger charge is -2.23. The molecule has 0 aliphatic heterocycles. The van der Waals surface area contributed by atoms with E-state index in [4.69, 9.17) is 0 Å². The molecule has 0 fully saturated rings. The van der Waals surface area contributed by atoms with Gasteiger partial charge in [-0.25, -0.2) is 0 Å². The summed E-state index contributed by atoms with van der Waals surface area (Å²) in [7, 11) is 0. The van der Waals surface area contributed by atoms with Gasteiger partial charge in [0.2, 0.25) is 5.91 Å². The quantitative estimate of drug-likeness (QED) is 0.825. The molecule has 3 heteroatoms. The Kier molecular flexibility index (Phi) is 4.38. The predicted octanol–water partition coefficient (Wildman–Crippen LogP) is 3.96. The number of benzene rings is 1. The molecular formula is C16H19NOS. The van der Waals surface area contributed by atoms with E-state index in [0.29, 0.717) is 13.0 Å². The van der Waals surface area contributed by atoms with Gasteiger partial charge >= 0.3 is 0 Å². The Morgan fingerprint density at radius 3 is 2.68 bits per heavy atom. The average molecular weight is 273 g/mol. The number of hydrogen-bond acceptors (Lipinski definition) is 2. The lowest BCUT2D eigenvalue weighted by atomic mass is 10.1. The predicted molar refractivity (Wildman–Crippen MR) is 82.0 cm³/mol. The molecule has 2 rings (SSSR count). The number of likely N-dealkylation sites (N-methyl/N-ethyl adjacent to an activating group) is 1. The number of thiophene rings is 1. The molecule has 0 unspecified atom stereocenters. The van der Waals surface area contributed by atoms with Crippen LogP contribution in [0.1, 0.15) is 22.9 Å². The van der Waals surface area contributed by atoms with Crippen molar-refractivity contribution in [1.82, 2.24) is 0 Å². The molecule has 0 spiro atoms. The minimum absolute atomic E-state index is 0.165. The highest BCUT2D eigenvalue weighted by Crippen LogP contribution is 2.23. The lowest BCUT2D eigenvalue weighted by molar-refractivity contribution is -0.117. The molecule has 0 saturated heterocycles. The molecule has 1 aromatic carbocycles. The molecule has 100 valence electrons. The zero-order valence-electron chi connectivity index (χ0n) is 11.6. The van der Waals surface area contributed by atoms with Gasteiger partial charge in [-0.15, -0.1) is 11.3 Å². The first-order chi connectivity index (χ1) is 9.11. The van der Waals surface area contributed by atoms with Gasteiger partial charge in [0.1, 0.15) is 0 Å². The first kappa shape index (κ1) is 13.8. The summed E-state index contributed by atoms with van der Waals surface area (Å²) in [6, 6.07) is 10.2. The van der Waals surface area contributed by atoms with Crippen molar-refractivity contribution in [3.05, 3.63) is 51.7 Å². The van der Waals surface area contributed by atoms with Gasteiger partial charge in [0.05, 0.1) is 6.42 Å². The van der Waals surface area contributed by atoms with Gasteiger partial charge in [0.25, 0.3) is 0 Å². The molecule has 1 aromatic heterocycles. The third-order valence-corrected chi connectivity index (χ3v) is 4.05. The Balaban J connectivity index is 2.24. The zero-order chi connectivity index (χ0) is 13.8. The molecule has 0 N–H and O–H groups in total. The second-order valence-corrected chi connectivity index (χ2v) is 5.72. The largest absolute Gasteiger partial charge is 0.312 e. The van der Waals surface area contributed by atoms with Crippen molar-refractivity contribution < 1.29 is 4.79 Å². The van der Waals surface area contributed by atoms with Crippen molar-refractivity contribution in [3.63, 3.8) is 0 Å². The van der Waals surface area contributed by atoms with E-state index in [1.807, 2.05) is 29.3 Å². The monoisotopic (exact) mass is 273 g/mol. The summed E-state index contributed by atoms with van der Waals surface area (Å²) in [6.45, 7) is 6.83. The third-order valence-electron chi connectivity index (χ3n) is 3.18. The van der Waals surface area contributed by atoms with Crippen molar-refractivity contribution in [2.75, 3.05) is 11.4 Å². The SMILES string of the molecule is CCN(C(=O)Cc1cccs1)c1cc(C)ccc1C. The Bertz CT molecular complexity index is 560. The van der Waals surface area contributed by atoms with Crippen LogP contribution in [0.2, 0.25) is 0 Å². The first-order valence-electron chi connectivity index (χ1n) is 6.51. The van der Waals surface area contributed by atoms with E-state index < -0.39 is 0 Å². The van der Waals surface area contributed by atoms with Crippen LogP contribution in [0.25, 0.3) is 0 Å². The fraction of sp³-hybridized carbons (Fsp3) is 0.312. The smallest absolute Gasteiger partial charge is 0.232 e. The summed E-state index contributed by atoms with van der Waals surface area (Å²) in [4.78, 5) is 15.4. The standard InChI is InChI=1S/C16H19NOS/c1-4-17(15-10-12(2)7-8-13(15)3)16(18)11-14-6-5-9-19-14/h5-10H,4,11H2,1-3H3. The molecule has 2 nitrogen and oxygen atoms in total. The third kappa shape index (κ3) is 3.24. The van der Waals surface area contributed by atoms with E-state index in [1.54, 1.807) is 11.3 Å². The molecular weight excluding hydrogens is 254 g/mol. The van der Waals surface area contributed by atoms with Crippen LogP contribution < -0.4 is 4.90 Å². The maximum Gasteiger partial charge on any atom is 0.232 e.